The molecule has 1 aromatic carbocycles. The molecule has 3 rings (SSSR count). The summed E-state index contributed by atoms with van der Waals surface area (Å²) in [6.45, 7) is 1.91. The highest BCUT2D eigenvalue weighted by molar-refractivity contribution is 5.62. The number of nitrogens with zero attached hydrogens (tertiary/aromatic N) is 6. The SMILES string of the molecule is Cc1nnc2ncnn2c1N(C)c1ccccc1. The fourth-order valence-corrected chi connectivity index (χ4v) is 1.93. The van der Waals surface area contributed by atoms with Crippen LogP contribution in [0, 0.1) is 6.92 Å². The van der Waals surface area contributed by atoms with Gasteiger partial charge >= 0.3 is 0 Å². The Morgan fingerprint density at radius 3 is 2.67 bits per heavy atom. The Balaban J connectivity index is 2.19. The van der Waals surface area contributed by atoms with E-state index in [2.05, 4.69) is 20.3 Å². The highest BCUT2D eigenvalue weighted by Gasteiger charge is 2.14. The summed E-state index contributed by atoms with van der Waals surface area (Å²) in [6, 6.07) is 10.0. The van der Waals surface area contributed by atoms with Crippen molar-refractivity contribution in [2.24, 2.45) is 0 Å². The van der Waals surface area contributed by atoms with Crippen molar-refractivity contribution in [2.75, 3.05) is 11.9 Å². The van der Waals surface area contributed by atoms with E-state index in [-0.39, 0.29) is 0 Å². The van der Waals surface area contributed by atoms with Crippen LogP contribution >= 0.6 is 0 Å². The summed E-state index contributed by atoms with van der Waals surface area (Å²) in [4.78, 5) is 6.07. The van der Waals surface area contributed by atoms with E-state index in [9.17, 15) is 0 Å². The Labute approximate surface area is 104 Å². The predicted molar refractivity (Wildman–Crippen MR) is 67.8 cm³/mol. The van der Waals surface area contributed by atoms with E-state index in [4.69, 9.17) is 0 Å². The molecule has 0 saturated heterocycles. The van der Waals surface area contributed by atoms with E-state index in [1.54, 1.807) is 4.52 Å². The van der Waals surface area contributed by atoms with Crippen LogP contribution in [-0.4, -0.2) is 31.8 Å². The van der Waals surface area contributed by atoms with Crippen LogP contribution in [0.5, 0.6) is 0 Å². The highest BCUT2D eigenvalue weighted by Crippen LogP contribution is 2.24. The molecule has 0 spiro atoms. The van der Waals surface area contributed by atoms with Gasteiger partial charge in [0.2, 0.25) is 0 Å². The average molecular weight is 240 g/mol. The minimum absolute atomic E-state index is 0.499. The molecule has 18 heavy (non-hydrogen) atoms. The zero-order chi connectivity index (χ0) is 12.5. The Kier molecular flexibility index (Phi) is 2.40. The summed E-state index contributed by atoms with van der Waals surface area (Å²) in [6.07, 6.45) is 1.48. The number of benzene rings is 1. The van der Waals surface area contributed by atoms with Gasteiger partial charge in [0.15, 0.2) is 5.82 Å². The van der Waals surface area contributed by atoms with Crippen LogP contribution in [0.2, 0.25) is 0 Å². The zero-order valence-electron chi connectivity index (χ0n) is 10.1. The van der Waals surface area contributed by atoms with Gasteiger partial charge in [0, 0.05) is 12.7 Å². The second kappa shape index (κ2) is 4.06. The van der Waals surface area contributed by atoms with Gasteiger partial charge in [-0.25, -0.2) is 0 Å². The smallest absolute Gasteiger partial charge is 0.273 e. The first kappa shape index (κ1) is 10.6. The number of para-hydroxylation sites is 1. The van der Waals surface area contributed by atoms with E-state index in [0.29, 0.717) is 5.78 Å². The average Bonchev–Trinajstić information content (AvgIpc) is 2.87. The van der Waals surface area contributed by atoms with Gasteiger partial charge in [-0.1, -0.05) is 18.2 Å². The van der Waals surface area contributed by atoms with Crippen molar-refractivity contribution >= 4 is 17.3 Å². The van der Waals surface area contributed by atoms with E-state index in [1.165, 1.54) is 6.33 Å². The minimum atomic E-state index is 0.499. The molecule has 0 fully saturated rings. The van der Waals surface area contributed by atoms with Gasteiger partial charge in [-0.2, -0.15) is 14.6 Å². The lowest BCUT2D eigenvalue weighted by Crippen LogP contribution is -2.17. The molecule has 2 aromatic heterocycles. The van der Waals surface area contributed by atoms with Gasteiger partial charge in [-0.3, -0.25) is 0 Å². The van der Waals surface area contributed by atoms with Crippen molar-refractivity contribution in [3.63, 3.8) is 0 Å². The third kappa shape index (κ3) is 1.58. The maximum Gasteiger partial charge on any atom is 0.273 e. The predicted octanol–water partition coefficient (Wildman–Crippen LogP) is 1.60. The molecular formula is C12H12N6. The molecule has 0 N–H and O–H groups in total. The number of aryl methyl sites for hydroxylation is 1. The summed E-state index contributed by atoms with van der Waals surface area (Å²) < 4.78 is 1.69. The molecule has 6 heteroatoms. The number of hydrogen-bond donors (Lipinski definition) is 0. The third-order valence-corrected chi connectivity index (χ3v) is 2.80. The van der Waals surface area contributed by atoms with Crippen molar-refractivity contribution in [1.29, 1.82) is 0 Å². The van der Waals surface area contributed by atoms with Crippen LogP contribution < -0.4 is 4.90 Å². The Morgan fingerprint density at radius 2 is 1.89 bits per heavy atom. The number of anilines is 2. The molecule has 0 aliphatic rings. The number of aromatic nitrogens is 5. The molecule has 0 saturated carbocycles. The normalized spacial score (nSPS) is 10.8. The summed E-state index contributed by atoms with van der Waals surface area (Å²) in [5.41, 5.74) is 1.87. The minimum Gasteiger partial charge on any atom is -0.328 e. The Hall–Kier alpha value is -2.50. The first-order chi connectivity index (χ1) is 8.77. The van der Waals surface area contributed by atoms with Crippen LogP contribution in [0.1, 0.15) is 5.69 Å². The van der Waals surface area contributed by atoms with Crippen molar-refractivity contribution in [3.05, 3.63) is 42.4 Å². The maximum atomic E-state index is 4.19. The molecule has 0 radical (unpaired) electrons. The van der Waals surface area contributed by atoms with Crippen LogP contribution in [-0.2, 0) is 0 Å². The molecule has 2 heterocycles. The van der Waals surface area contributed by atoms with E-state index >= 15 is 0 Å². The summed E-state index contributed by atoms with van der Waals surface area (Å²) in [5.74, 6) is 1.36. The summed E-state index contributed by atoms with van der Waals surface area (Å²) >= 11 is 0. The second-order valence-corrected chi connectivity index (χ2v) is 3.98. The van der Waals surface area contributed by atoms with Crippen LogP contribution in [0.3, 0.4) is 0 Å². The van der Waals surface area contributed by atoms with E-state index in [1.807, 2.05) is 49.2 Å². The summed E-state index contributed by atoms with van der Waals surface area (Å²) in [7, 11) is 1.97. The Morgan fingerprint density at radius 1 is 1.11 bits per heavy atom. The van der Waals surface area contributed by atoms with Crippen molar-refractivity contribution in [3.8, 4) is 0 Å². The molecule has 0 aliphatic heterocycles. The number of hydrogen-bond acceptors (Lipinski definition) is 5. The van der Waals surface area contributed by atoms with Crippen LogP contribution in [0.15, 0.2) is 36.7 Å². The first-order valence-electron chi connectivity index (χ1n) is 5.59. The van der Waals surface area contributed by atoms with E-state index < -0.39 is 0 Å². The van der Waals surface area contributed by atoms with Gasteiger partial charge in [0.1, 0.15) is 12.0 Å². The first-order valence-corrected chi connectivity index (χ1v) is 5.59. The van der Waals surface area contributed by atoms with Gasteiger partial charge in [-0.15, -0.1) is 10.2 Å². The maximum absolute atomic E-state index is 4.19. The standard InChI is InChI=1S/C12H12N6/c1-9-11(17(2)10-6-4-3-5-7-10)18-12(16-15-9)13-8-14-18/h3-8H,1-2H3. The molecule has 0 bridgehead atoms. The molecule has 3 aromatic rings. The van der Waals surface area contributed by atoms with Gasteiger partial charge in [0.25, 0.3) is 5.78 Å². The van der Waals surface area contributed by atoms with Gasteiger partial charge in [0.05, 0.1) is 0 Å². The molecule has 0 atom stereocenters. The highest BCUT2D eigenvalue weighted by atomic mass is 15.4. The molecule has 0 amide bonds. The second-order valence-electron chi connectivity index (χ2n) is 3.98. The summed E-state index contributed by atoms with van der Waals surface area (Å²) in [5, 5.41) is 12.3. The van der Waals surface area contributed by atoms with E-state index in [0.717, 1.165) is 17.2 Å². The molecule has 6 nitrogen and oxygen atoms in total. The lowest BCUT2D eigenvalue weighted by atomic mass is 10.3. The van der Waals surface area contributed by atoms with Crippen molar-refractivity contribution in [1.82, 2.24) is 24.8 Å². The quantitative estimate of drug-likeness (QED) is 0.681. The lowest BCUT2D eigenvalue weighted by Gasteiger charge is -2.20. The number of rotatable bonds is 2. The van der Waals surface area contributed by atoms with Crippen molar-refractivity contribution in [2.45, 2.75) is 6.92 Å². The molecule has 90 valence electrons. The Bertz CT molecular complexity index is 675. The third-order valence-electron chi connectivity index (χ3n) is 2.80. The van der Waals surface area contributed by atoms with Crippen LogP contribution in [0.4, 0.5) is 11.5 Å². The van der Waals surface area contributed by atoms with Gasteiger partial charge in [-0.05, 0) is 19.1 Å². The zero-order valence-corrected chi connectivity index (χ0v) is 10.1. The fourth-order valence-electron chi connectivity index (χ4n) is 1.93. The monoisotopic (exact) mass is 240 g/mol. The van der Waals surface area contributed by atoms with Crippen LogP contribution in [0.25, 0.3) is 5.78 Å². The fraction of sp³-hybridized carbons (Fsp3) is 0.167. The lowest BCUT2D eigenvalue weighted by molar-refractivity contribution is 0.843. The molecular weight excluding hydrogens is 228 g/mol. The number of fused-ring (bicyclic) bond motifs is 1. The molecule has 0 aliphatic carbocycles. The topological polar surface area (TPSA) is 59.2 Å². The van der Waals surface area contributed by atoms with Gasteiger partial charge < -0.3 is 4.90 Å². The largest absolute Gasteiger partial charge is 0.328 e. The molecule has 0 unspecified atom stereocenters. The van der Waals surface area contributed by atoms with Crippen molar-refractivity contribution < 1.29 is 0 Å².